The first-order valence-electron chi connectivity index (χ1n) is 15.6. The minimum absolute atomic E-state index is 0.222. The number of nitrogens with one attached hydrogen (secondary N) is 2. The molecule has 2 N–H and O–H groups in total. The number of hydrogen-bond acceptors (Lipinski definition) is 6. The quantitative estimate of drug-likeness (QED) is 0.270. The van der Waals surface area contributed by atoms with E-state index in [1.54, 1.807) is 91.0 Å². The molecule has 0 fully saturated rings. The van der Waals surface area contributed by atoms with E-state index in [9.17, 15) is 19.2 Å². The van der Waals surface area contributed by atoms with Crippen molar-refractivity contribution in [1.29, 1.82) is 0 Å². The van der Waals surface area contributed by atoms with Crippen LogP contribution in [0.25, 0.3) is 44.8 Å². The molecule has 0 aliphatic carbocycles. The van der Waals surface area contributed by atoms with Crippen LogP contribution in [0.4, 0.5) is 0 Å². The summed E-state index contributed by atoms with van der Waals surface area (Å²) in [6, 6.07) is 25.2. The molecule has 0 atom stereocenters. The summed E-state index contributed by atoms with van der Waals surface area (Å²) in [5, 5.41) is 5.79. The summed E-state index contributed by atoms with van der Waals surface area (Å²) in [5.41, 5.74) is 5.78. The van der Waals surface area contributed by atoms with Gasteiger partial charge in [0.15, 0.2) is 0 Å². The number of carbonyl (C=O) groups is 2. The second-order valence-electron chi connectivity index (χ2n) is 11.8. The lowest BCUT2D eigenvalue weighted by Gasteiger charge is -2.09. The molecule has 0 saturated heterocycles. The monoisotopic (exact) mass is 654 g/mol. The summed E-state index contributed by atoms with van der Waals surface area (Å²) < 4.78 is 17.1. The Hall–Kier alpha value is -6.56. The Morgan fingerprint density at radius 2 is 1.00 bits per heavy atom. The highest BCUT2D eigenvalue weighted by Gasteiger charge is 2.41. The van der Waals surface area contributed by atoms with Crippen LogP contribution in [-0.4, -0.2) is 43.8 Å². The average Bonchev–Trinajstić information content (AvgIpc) is 3.80. The van der Waals surface area contributed by atoms with Crippen molar-refractivity contribution in [2.45, 2.75) is 6.92 Å². The Morgan fingerprint density at radius 3 is 1.41 bits per heavy atom. The van der Waals surface area contributed by atoms with Gasteiger partial charge in [-0.25, -0.2) is 9.59 Å². The summed E-state index contributed by atoms with van der Waals surface area (Å²) >= 11 is 0. The van der Waals surface area contributed by atoms with E-state index in [1.807, 2.05) is 31.2 Å². The van der Waals surface area contributed by atoms with E-state index in [4.69, 9.17) is 9.47 Å². The van der Waals surface area contributed by atoms with E-state index in [2.05, 4.69) is 10.6 Å². The third kappa shape index (κ3) is 4.44. The van der Waals surface area contributed by atoms with Gasteiger partial charge in [-0.3, -0.25) is 27.9 Å². The molecule has 12 nitrogen and oxygen atoms in total. The molecular weight excluding hydrogens is 624 g/mol. The molecule has 4 heterocycles. The summed E-state index contributed by atoms with van der Waals surface area (Å²) in [7, 11) is 4.94. The second kappa shape index (κ2) is 11.0. The number of hydrogen-bond donors (Lipinski definition) is 2. The van der Waals surface area contributed by atoms with Crippen molar-refractivity contribution in [1.82, 2.24) is 28.9 Å². The van der Waals surface area contributed by atoms with E-state index in [0.717, 1.165) is 0 Å². The largest absolute Gasteiger partial charge is 0.497 e. The first kappa shape index (κ1) is 29.8. The maximum atomic E-state index is 13.5. The maximum absolute atomic E-state index is 13.5. The van der Waals surface area contributed by atoms with Crippen molar-refractivity contribution in [3.05, 3.63) is 128 Å². The fourth-order valence-electron chi connectivity index (χ4n) is 6.69. The van der Waals surface area contributed by atoms with Crippen molar-refractivity contribution < 1.29 is 19.1 Å². The molecule has 0 saturated carbocycles. The van der Waals surface area contributed by atoms with Crippen LogP contribution >= 0.6 is 0 Å². The van der Waals surface area contributed by atoms with Crippen molar-refractivity contribution in [2.75, 3.05) is 13.7 Å². The highest BCUT2D eigenvalue weighted by atomic mass is 16.5. The number of nitrogens with zero attached hydrogens (tertiary/aromatic N) is 4. The molecule has 4 aromatic carbocycles. The van der Waals surface area contributed by atoms with Gasteiger partial charge in [0.25, 0.3) is 11.8 Å². The molecule has 6 aromatic rings. The van der Waals surface area contributed by atoms with Crippen LogP contribution in [-0.2, 0) is 23.7 Å². The summed E-state index contributed by atoms with van der Waals surface area (Å²) in [6.07, 6.45) is 0. The Morgan fingerprint density at radius 1 is 0.571 bits per heavy atom. The van der Waals surface area contributed by atoms with Gasteiger partial charge >= 0.3 is 11.4 Å². The fourth-order valence-corrected chi connectivity index (χ4v) is 6.69. The van der Waals surface area contributed by atoms with Gasteiger partial charge in [0.05, 0.1) is 69.7 Å². The molecule has 0 unspecified atom stereocenters. The highest BCUT2D eigenvalue weighted by molar-refractivity contribution is 6.30. The minimum atomic E-state index is -0.427. The normalized spacial score (nSPS) is 14.2. The molecular formula is C37H30N6O6. The predicted octanol–water partition coefficient (Wildman–Crippen LogP) is 3.76. The first-order chi connectivity index (χ1) is 23.7. The highest BCUT2D eigenvalue weighted by Crippen LogP contribution is 2.38. The first-order valence-corrected chi connectivity index (χ1v) is 15.6. The van der Waals surface area contributed by atoms with Gasteiger partial charge in [-0.05, 0) is 79.7 Å². The summed E-state index contributed by atoms with van der Waals surface area (Å²) in [5.74, 6) is 0.531. The van der Waals surface area contributed by atoms with E-state index < -0.39 is 11.8 Å². The smallest absolute Gasteiger partial charge is 0.333 e. The summed E-state index contributed by atoms with van der Waals surface area (Å²) in [4.78, 5) is 53.7. The van der Waals surface area contributed by atoms with Crippen LogP contribution in [0, 0.1) is 0 Å². The molecule has 0 radical (unpaired) electrons. The zero-order chi connectivity index (χ0) is 34.1. The lowest BCUT2D eigenvalue weighted by Crippen LogP contribution is -2.21. The average molecular weight is 655 g/mol. The second-order valence-corrected chi connectivity index (χ2v) is 11.8. The standard InChI is InChI=1S/C37H30N6O6/c1-5-49-25-14-10-23(11-15-25)43-27-17-7-21(19-29(27)41(3)37(43)47)33-31-30(34(44)39-33)32(38-35(31)45)20-6-16-26-28(18-20)40(2)36(46)42(26)22-8-12-24(48-4)13-9-22/h6-19H,5H2,1-4H3,(H,38,45)(H,39,44). The molecule has 2 aliphatic heterocycles. The van der Waals surface area contributed by atoms with E-state index in [-0.39, 0.29) is 22.5 Å². The third-order valence-electron chi connectivity index (χ3n) is 9.11. The molecule has 49 heavy (non-hydrogen) atoms. The van der Waals surface area contributed by atoms with Crippen LogP contribution in [0.5, 0.6) is 11.5 Å². The van der Waals surface area contributed by atoms with Crippen LogP contribution in [0.3, 0.4) is 0 Å². The van der Waals surface area contributed by atoms with Gasteiger partial charge < -0.3 is 20.1 Å². The zero-order valence-corrected chi connectivity index (χ0v) is 27.0. The molecule has 12 heteroatoms. The fraction of sp³-hybridized carbons (Fsp3) is 0.135. The van der Waals surface area contributed by atoms with Crippen LogP contribution in [0.2, 0.25) is 0 Å². The van der Waals surface area contributed by atoms with Gasteiger partial charge in [-0.1, -0.05) is 12.1 Å². The number of imidazole rings is 2. The number of aryl methyl sites for hydroxylation is 2. The van der Waals surface area contributed by atoms with Crippen LogP contribution < -0.4 is 31.5 Å². The van der Waals surface area contributed by atoms with Gasteiger partial charge in [-0.2, -0.15) is 0 Å². The van der Waals surface area contributed by atoms with Crippen molar-refractivity contribution in [3.63, 3.8) is 0 Å². The molecule has 2 aliphatic rings. The number of rotatable bonds is 7. The zero-order valence-electron chi connectivity index (χ0n) is 27.0. The van der Waals surface area contributed by atoms with Crippen molar-refractivity contribution >= 4 is 45.3 Å². The van der Waals surface area contributed by atoms with Gasteiger partial charge in [0.1, 0.15) is 11.5 Å². The summed E-state index contributed by atoms with van der Waals surface area (Å²) in [6.45, 7) is 2.45. The number of benzene rings is 4. The number of fused-ring (bicyclic) bond motifs is 3. The van der Waals surface area contributed by atoms with Crippen LogP contribution in [0.1, 0.15) is 18.1 Å². The number of methoxy groups -OCH3 is 1. The Balaban J connectivity index is 1.21. The van der Waals surface area contributed by atoms with Gasteiger partial charge in [0.2, 0.25) is 0 Å². The Bertz CT molecular complexity index is 2580. The molecule has 8 rings (SSSR count). The van der Waals surface area contributed by atoms with Crippen LogP contribution in [0.15, 0.2) is 106 Å². The van der Waals surface area contributed by atoms with Gasteiger partial charge in [0, 0.05) is 25.2 Å². The van der Waals surface area contributed by atoms with E-state index >= 15 is 0 Å². The van der Waals surface area contributed by atoms with E-state index in [0.29, 0.717) is 74.1 Å². The lowest BCUT2D eigenvalue weighted by atomic mass is 10.0. The molecule has 2 aromatic heterocycles. The third-order valence-corrected chi connectivity index (χ3v) is 9.11. The van der Waals surface area contributed by atoms with Crippen molar-refractivity contribution in [3.8, 4) is 22.9 Å². The Labute approximate surface area is 278 Å². The minimum Gasteiger partial charge on any atom is -0.497 e. The molecule has 0 spiro atoms. The van der Waals surface area contributed by atoms with Crippen molar-refractivity contribution in [2.24, 2.45) is 14.1 Å². The Kier molecular flexibility index (Phi) is 6.70. The molecule has 0 bridgehead atoms. The van der Waals surface area contributed by atoms with Gasteiger partial charge in [-0.15, -0.1) is 0 Å². The lowest BCUT2D eigenvalue weighted by molar-refractivity contribution is -0.117. The number of aromatic nitrogens is 4. The number of ether oxygens (including phenoxy) is 2. The number of amides is 2. The molecule has 244 valence electrons. The predicted molar refractivity (Wildman–Crippen MR) is 185 cm³/mol. The number of carbonyl (C=O) groups excluding carboxylic acids is 2. The van der Waals surface area contributed by atoms with E-state index in [1.165, 1.54) is 9.13 Å². The topological polar surface area (TPSA) is 131 Å². The maximum Gasteiger partial charge on any atom is 0.333 e. The SMILES string of the molecule is CCOc1ccc(-n2c(=O)n(C)c3cc(C4=C5C(=O)NC(c6ccc7c(c6)n(C)c(=O)n7-c6ccc(OC)cc6)=C5C(=O)N4)ccc32)cc1. The molecule has 2 amide bonds.